The van der Waals surface area contributed by atoms with Gasteiger partial charge >= 0.3 is 0 Å². The van der Waals surface area contributed by atoms with E-state index in [0.29, 0.717) is 11.4 Å². The Morgan fingerprint density at radius 2 is 1.95 bits per heavy atom. The Hall–Kier alpha value is -1.84. The quantitative estimate of drug-likeness (QED) is 0.497. The summed E-state index contributed by atoms with van der Waals surface area (Å²) in [6, 6.07) is 7.39. The molecule has 1 aliphatic rings. The number of para-hydroxylation sites is 1. The lowest BCUT2D eigenvalue weighted by atomic mass is 9.87. The molecule has 0 atom stereocenters. The maximum Gasteiger partial charge on any atom is 0.230 e. The number of benzene rings is 1. The van der Waals surface area contributed by atoms with Crippen molar-refractivity contribution in [1.82, 2.24) is 0 Å². The van der Waals surface area contributed by atoms with Gasteiger partial charge in [0.25, 0.3) is 0 Å². The highest BCUT2D eigenvalue weighted by atomic mass is 16.4. The summed E-state index contributed by atoms with van der Waals surface area (Å²) in [4.78, 5) is 12.4. The highest BCUT2D eigenvalue weighted by Gasteiger charge is 2.36. The maximum absolute atomic E-state index is 12.4. The van der Waals surface area contributed by atoms with E-state index in [1.807, 2.05) is 31.2 Å². The molecular formula is C15H20N2O2. The predicted octanol–water partition coefficient (Wildman–Crippen LogP) is 3.40. The fraction of sp³-hybridized carbons (Fsp3) is 0.467. The average molecular weight is 260 g/mol. The first-order valence-electron chi connectivity index (χ1n) is 6.66. The van der Waals surface area contributed by atoms with Crippen molar-refractivity contribution in [1.29, 1.82) is 0 Å². The Kier molecular flexibility index (Phi) is 3.88. The molecule has 1 aliphatic carbocycles. The Labute approximate surface area is 113 Å². The van der Waals surface area contributed by atoms with Crippen molar-refractivity contribution in [3.8, 4) is 0 Å². The third-order valence-corrected chi connectivity index (χ3v) is 3.97. The monoisotopic (exact) mass is 260 g/mol. The van der Waals surface area contributed by atoms with Gasteiger partial charge in [0.15, 0.2) is 0 Å². The van der Waals surface area contributed by atoms with Gasteiger partial charge in [-0.3, -0.25) is 4.79 Å². The molecule has 0 radical (unpaired) electrons. The van der Waals surface area contributed by atoms with Crippen LogP contribution in [0.2, 0.25) is 0 Å². The van der Waals surface area contributed by atoms with Gasteiger partial charge in [0, 0.05) is 16.7 Å². The molecule has 4 heteroatoms. The number of nitrogens with one attached hydrogen (secondary N) is 1. The van der Waals surface area contributed by atoms with Crippen LogP contribution in [0.15, 0.2) is 29.4 Å². The normalized spacial score (nSPS) is 18.3. The minimum atomic E-state index is -0.266. The maximum atomic E-state index is 12.4. The molecule has 102 valence electrons. The van der Waals surface area contributed by atoms with Gasteiger partial charge in [-0.1, -0.05) is 43.1 Å². The number of anilines is 1. The molecule has 0 saturated heterocycles. The second-order valence-corrected chi connectivity index (χ2v) is 5.45. The Morgan fingerprint density at radius 3 is 2.58 bits per heavy atom. The highest BCUT2D eigenvalue weighted by Crippen LogP contribution is 2.38. The number of hydrogen-bond acceptors (Lipinski definition) is 3. The van der Waals surface area contributed by atoms with Crippen LogP contribution in [0.1, 0.15) is 45.1 Å². The van der Waals surface area contributed by atoms with Crippen molar-refractivity contribution >= 4 is 17.3 Å². The SMILES string of the molecule is CC(=NO)c1ccccc1NC(=O)C1(C)CCCC1. The van der Waals surface area contributed by atoms with E-state index in [2.05, 4.69) is 10.5 Å². The molecule has 1 saturated carbocycles. The number of rotatable bonds is 3. The summed E-state index contributed by atoms with van der Waals surface area (Å²) in [5, 5.41) is 15.1. The van der Waals surface area contributed by atoms with Crippen molar-refractivity contribution in [3.05, 3.63) is 29.8 Å². The molecule has 2 rings (SSSR count). The van der Waals surface area contributed by atoms with Crippen LogP contribution < -0.4 is 5.32 Å². The second kappa shape index (κ2) is 5.43. The van der Waals surface area contributed by atoms with Gasteiger partial charge in [-0.05, 0) is 25.8 Å². The van der Waals surface area contributed by atoms with Gasteiger partial charge < -0.3 is 10.5 Å². The average Bonchev–Trinajstić information content (AvgIpc) is 2.87. The van der Waals surface area contributed by atoms with Gasteiger partial charge in [0.2, 0.25) is 5.91 Å². The Bertz CT molecular complexity index is 503. The van der Waals surface area contributed by atoms with Crippen LogP contribution in [0.25, 0.3) is 0 Å². The summed E-state index contributed by atoms with van der Waals surface area (Å²) in [5.74, 6) is 0.0585. The zero-order valence-corrected chi connectivity index (χ0v) is 11.4. The number of carbonyl (C=O) groups excluding carboxylic acids is 1. The molecule has 2 N–H and O–H groups in total. The lowest BCUT2D eigenvalue weighted by molar-refractivity contribution is -0.124. The van der Waals surface area contributed by atoms with E-state index in [9.17, 15) is 4.79 Å². The molecule has 0 heterocycles. The predicted molar refractivity (Wildman–Crippen MR) is 75.6 cm³/mol. The lowest BCUT2D eigenvalue weighted by Crippen LogP contribution is -2.31. The fourth-order valence-corrected chi connectivity index (χ4v) is 2.62. The topological polar surface area (TPSA) is 61.7 Å². The van der Waals surface area contributed by atoms with E-state index in [1.54, 1.807) is 6.92 Å². The highest BCUT2D eigenvalue weighted by molar-refractivity contribution is 6.07. The van der Waals surface area contributed by atoms with Gasteiger partial charge in [-0.2, -0.15) is 0 Å². The fourth-order valence-electron chi connectivity index (χ4n) is 2.62. The number of oxime groups is 1. The molecule has 4 nitrogen and oxygen atoms in total. The summed E-state index contributed by atoms with van der Waals surface area (Å²) in [6.45, 7) is 3.73. The molecule has 19 heavy (non-hydrogen) atoms. The van der Waals surface area contributed by atoms with Gasteiger partial charge in [-0.25, -0.2) is 0 Å². The number of amides is 1. The van der Waals surface area contributed by atoms with E-state index in [1.165, 1.54) is 0 Å². The van der Waals surface area contributed by atoms with Crippen LogP contribution in [0.3, 0.4) is 0 Å². The molecule has 1 fully saturated rings. The van der Waals surface area contributed by atoms with E-state index >= 15 is 0 Å². The molecule has 0 aliphatic heterocycles. The van der Waals surface area contributed by atoms with Crippen molar-refractivity contribution in [3.63, 3.8) is 0 Å². The van der Waals surface area contributed by atoms with E-state index in [-0.39, 0.29) is 11.3 Å². The van der Waals surface area contributed by atoms with Crippen molar-refractivity contribution < 1.29 is 10.0 Å². The molecule has 1 amide bonds. The van der Waals surface area contributed by atoms with Gasteiger partial charge in [0.05, 0.1) is 5.71 Å². The summed E-state index contributed by atoms with van der Waals surface area (Å²) >= 11 is 0. The van der Waals surface area contributed by atoms with Crippen LogP contribution in [-0.4, -0.2) is 16.8 Å². The summed E-state index contributed by atoms with van der Waals surface area (Å²) < 4.78 is 0. The molecule has 0 bridgehead atoms. The number of nitrogens with zero attached hydrogens (tertiary/aromatic N) is 1. The molecule has 1 aromatic rings. The van der Waals surface area contributed by atoms with Crippen LogP contribution in [0.5, 0.6) is 0 Å². The van der Waals surface area contributed by atoms with Crippen LogP contribution in [0, 0.1) is 5.41 Å². The van der Waals surface area contributed by atoms with Gasteiger partial charge in [-0.15, -0.1) is 0 Å². The number of carbonyl (C=O) groups is 1. The third kappa shape index (κ3) is 2.78. The van der Waals surface area contributed by atoms with Crippen LogP contribution >= 0.6 is 0 Å². The summed E-state index contributed by atoms with van der Waals surface area (Å²) in [6.07, 6.45) is 4.10. The number of hydrogen-bond donors (Lipinski definition) is 2. The standard InChI is InChI=1S/C15H20N2O2/c1-11(17-19)12-7-3-4-8-13(12)16-14(18)15(2)9-5-6-10-15/h3-4,7-8,19H,5-6,9-10H2,1-2H3,(H,16,18). The first kappa shape index (κ1) is 13.6. The summed E-state index contributed by atoms with van der Waals surface area (Å²) in [5.41, 5.74) is 1.68. The molecule has 0 unspecified atom stereocenters. The van der Waals surface area contributed by atoms with Gasteiger partial charge in [0.1, 0.15) is 0 Å². The van der Waals surface area contributed by atoms with Crippen molar-refractivity contribution in [2.24, 2.45) is 10.6 Å². The minimum absolute atomic E-state index is 0.0585. The van der Waals surface area contributed by atoms with Crippen molar-refractivity contribution in [2.45, 2.75) is 39.5 Å². The lowest BCUT2D eigenvalue weighted by Gasteiger charge is -2.23. The van der Waals surface area contributed by atoms with E-state index in [0.717, 1.165) is 31.2 Å². The Morgan fingerprint density at radius 1 is 1.32 bits per heavy atom. The third-order valence-electron chi connectivity index (χ3n) is 3.97. The van der Waals surface area contributed by atoms with Crippen LogP contribution in [-0.2, 0) is 4.79 Å². The Balaban J connectivity index is 2.22. The smallest absolute Gasteiger partial charge is 0.230 e. The minimum Gasteiger partial charge on any atom is -0.411 e. The molecule has 1 aromatic carbocycles. The largest absolute Gasteiger partial charge is 0.411 e. The second-order valence-electron chi connectivity index (χ2n) is 5.45. The first-order valence-corrected chi connectivity index (χ1v) is 6.66. The zero-order valence-electron chi connectivity index (χ0n) is 11.4. The summed E-state index contributed by atoms with van der Waals surface area (Å²) in [7, 11) is 0. The zero-order chi connectivity index (χ0) is 13.9. The molecule has 0 spiro atoms. The molecule has 0 aromatic heterocycles. The van der Waals surface area contributed by atoms with Crippen LogP contribution in [0.4, 0.5) is 5.69 Å². The van der Waals surface area contributed by atoms with E-state index in [4.69, 9.17) is 5.21 Å². The first-order chi connectivity index (χ1) is 9.07. The van der Waals surface area contributed by atoms with E-state index < -0.39 is 0 Å². The van der Waals surface area contributed by atoms with Crippen molar-refractivity contribution in [2.75, 3.05) is 5.32 Å². The molecular weight excluding hydrogens is 240 g/mol.